The molecule has 36 heavy (non-hydrogen) atoms. The quantitative estimate of drug-likeness (QED) is 0.220. The molecule has 7 heteroatoms. The Morgan fingerprint density at radius 1 is 0.833 bits per heavy atom. The van der Waals surface area contributed by atoms with Crippen LogP contribution in [-0.4, -0.2) is 24.7 Å². The smallest absolute Gasteiger partial charge is 0.191 e. The van der Waals surface area contributed by atoms with Gasteiger partial charge < -0.3 is 4.57 Å². The van der Waals surface area contributed by atoms with Gasteiger partial charge in [0, 0.05) is 40.3 Å². The molecule has 0 unspecified atom stereocenters. The lowest BCUT2D eigenvalue weighted by atomic mass is 10.0. The average molecular weight is 506 g/mol. The standard InChI is InChI=1S/C29H23N5S2/c1-19-9-8-12-21(15-19)28-30-22(17-35-28)18-36-29-33-32-27(34(29)2)24-16-26(20-10-4-3-5-11-20)31-25-14-7-6-13-23(24)25/h3-17H,18H2,1-2H3. The van der Waals surface area contributed by atoms with Gasteiger partial charge in [-0.25, -0.2) is 9.97 Å². The van der Waals surface area contributed by atoms with Crippen LogP contribution in [0.2, 0.25) is 0 Å². The van der Waals surface area contributed by atoms with Gasteiger partial charge in [-0.2, -0.15) is 0 Å². The molecular formula is C29H23N5S2. The lowest BCUT2D eigenvalue weighted by Gasteiger charge is -2.10. The van der Waals surface area contributed by atoms with Crippen molar-refractivity contribution in [3.63, 3.8) is 0 Å². The second-order valence-electron chi connectivity index (χ2n) is 8.61. The summed E-state index contributed by atoms with van der Waals surface area (Å²) in [5.74, 6) is 1.56. The van der Waals surface area contributed by atoms with E-state index < -0.39 is 0 Å². The van der Waals surface area contributed by atoms with Crippen molar-refractivity contribution in [2.24, 2.45) is 7.05 Å². The van der Waals surface area contributed by atoms with Gasteiger partial charge >= 0.3 is 0 Å². The molecule has 0 fully saturated rings. The maximum absolute atomic E-state index is 4.91. The second-order valence-corrected chi connectivity index (χ2v) is 10.4. The lowest BCUT2D eigenvalue weighted by Crippen LogP contribution is -1.97. The molecule has 5 nitrogen and oxygen atoms in total. The van der Waals surface area contributed by atoms with E-state index in [1.807, 2.05) is 43.4 Å². The topological polar surface area (TPSA) is 56.5 Å². The fourth-order valence-corrected chi connectivity index (χ4v) is 5.94. The van der Waals surface area contributed by atoms with Crippen LogP contribution in [0.1, 0.15) is 11.3 Å². The number of benzene rings is 3. The van der Waals surface area contributed by atoms with Gasteiger partial charge in [0.05, 0.1) is 16.9 Å². The molecule has 0 aliphatic heterocycles. The minimum atomic E-state index is 0.737. The normalized spacial score (nSPS) is 11.3. The number of fused-ring (bicyclic) bond motifs is 1. The van der Waals surface area contributed by atoms with E-state index in [2.05, 4.69) is 75.6 Å². The molecule has 0 aliphatic rings. The molecule has 6 rings (SSSR count). The first-order valence-electron chi connectivity index (χ1n) is 11.6. The largest absolute Gasteiger partial charge is 0.305 e. The van der Waals surface area contributed by atoms with Crippen molar-refractivity contribution in [2.75, 3.05) is 0 Å². The van der Waals surface area contributed by atoms with E-state index in [0.717, 1.165) is 60.7 Å². The molecule has 176 valence electrons. The molecular weight excluding hydrogens is 482 g/mol. The molecule has 0 bridgehead atoms. The van der Waals surface area contributed by atoms with E-state index in [1.165, 1.54) is 5.56 Å². The van der Waals surface area contributed by atoms with Crippen LogP contribution in [0.25, 0.3) is 44.1 Å². The van der Waals surface area contributed by atoms with E-state index in [1.54, 1.807) is 23.1 Å². The molecule has 0 atom stereocenters. The van der Waals surface area contributed by atoms with Crippen LogP contribution in [-0.2, 0) is 12.8 Å². The van der Waals surface area contributed by atoms with Crippen LogP contribution >= 0.6 is 23.1 Å². The first-order valence-corrected chi connectivity index (χ1v) is 13.5. The van der Waals surface area contributed by atoms with Gasteiger partial charge in [0.2, 0.25) is 0 Å². The Morgan fingerprint density at radius 3 is 2.50 bits per heavy atom. The summed E-state index contributed by atoms with van der Waals surface area (Å²) >= 11 is 3.33. The van der Waals surface area contributed by atoms with Crippen LogP contribution in [0.5, 0.6) is 0 Å². The fourth-order valence-electron chi connectivity index (χ4n) is 4.21. The minimum Gasteiger partial charge on any atom is -0.305 e. The number of pyridine rings is 1. The highest BCUT2D eigenvalue weighted by molar-refractivity contribution is 7.98. The zero-order valence-electron chi connectivity index (χ0n) is 19.9. The molecule has 0 spiro atoms. The Kier molecular flexibility index (Phi) is 6.09. The molecule has 0 amide bonds. The summed E-state index contributed by atoms with van der Waals surface area (Å²) in [5.41, 5.74) is 7.42. The second kappa shape index (κ2) is 9.68. The van der Waals surface area contributed by atoms with Crippen LogP contribution < -0.4 is 0 Å². The predicted octanol–water partition coefficient (Wildman–Crippen LogP) is 7.42. The van der Waals surface area contributed by atoms with E-state index in [9.17, 15) is 0 Å². The van der Waals surface area contributed by atoms with Crippen LogP contribution in [0, 0.1) is 6.92 Å². The maximum Gasteiger partial charge on any atom is 0.191 e. The van der Waals surface area contributed by atoms with Gasteiger partial charge in [-0.3, -0.25) is 0 Å². The Morgan fingerprint density at radius 2 is 1.64 bits per heavy atom. The SMILES string of the molecule is Cc1cccc(-c2nc(CSc3nnc(-c4cc(-c5ccccc5)nc5ccccc45)n3C)cs2)c1. The summed E-state index contributed by atoms with van der Waals surface area (Å²) in [5, 5.41) is 14.2. The minimum absolute atomic E-state index is 0.737. The number of hydrogen-bond acceptors (Lipinski definition) is 6. The van der Waals surface area contributed by atoms with Crippen molar-refractivity contribution in [3.8, 4) is 33.2 Å². The van der Waals surface area contributed by atoms with Crippen LogP contribution in [0.3, 0.4) is 0 Å². The van der Waals surface area contributed by atoms with E-state index in [0.29, 0.717) is 0 Å². The maximum atomic E-state index is 4.91. The van der Waals surface area contributed by atoms with E-state index >= 15 is 0 Å². The molecule has 3 heterocycles. The molecule has 6 aromatic rings. The van der Waals surface area contributed by atoms with Crippen molar-refractivity contribution in [3.05, 3.63) is 102 Å². The van der Waals surface area contributed by atoms with Crippen molar-refractivity contribution >= 4 is 34.0 Å². The van der Waals surface area contributed by atoms with E-state index in [4.69, 9.17) is 9.97 Å². The van der Waals surface area contributed by atoms with Gasteiger partial charge in [0.25, 0.3) is 0 Å². The summed E-state index contributed by atoms with van der Waals surface area (Å²) in [6.07, 6.45) is 0. The van der Waals surface area contributed by atoms with Crippen molar-refractivity contribution in [1.29, 1.82) is 0 Å². The molecule has 0 aliphatic carbocycles. The van der Waals surface area contributed by atoms with Gasteiger partial charge in [0.15, 0.2) is 11.0 Å². The molecule has 0 saturated heterocycles. The Bertz CT molecular complexity index is 1670. The highest BCUT2D eigenvalue weighted by atomic mass is 32.2. The number of thioether (sulfide) groups is 1. The predicted molar refractivity (Wildman–Crippen MR) is 149 cm³/mol. The van der Waals surface area contributed by atoms with Gasteiger partial charge in [-0.05, 0) is 25.1 Å². The molecule has 0 saturated carbocycles. The first kappa shape index (κ1) is 22.6. The number of thiazole rings is 1. The van der Waals surface area contributed by atoms with Gasteiger partial charge in [-0.15, -0.1) is 21.5 Å². The Hall–Kier alpha value is -3.81. The summed E-state index contributed by atoms with van der Waals surface area (Å²) in [6, 6.07) is 29.0. The highest BCUT2D eigenvalue weighted by Crippen LogP contribution is 2.33. The highest BCUT2D eigenvalue weighted by Gasteiger charge is 2.17. The number of aromatic nitrogens is 5. The fraction of sp³-hybridized carbons (Fsp3) is 0.103. The summed E-state index contributed by atoms with van der Waals surface area (Å²) in [7, 11) is 2.02. The summed E-state index contributed by atoms with van der Waals surface area (Å²) in [6.45, 7) is 2.11. The number of para-hydroxylation sites is 1. The first-order chi connectivity index (χ1) is 17.7. The monoisotopic (exact) mass is 505 g/mol. The molecule has 0 N–H and O–H groups in total. The third kappa shape index (κ3) is 4.43. The lowest BCUT2D eigenvalue weighted by molar-refractivity contribution is 0.794. The zero-order chi connectivity index (χ0) is 24.5. The Labute approximate surface area is 217 Å². The molecule has 0 radical (unpaired) electrons. The zero-order valence-corrected chi connectivity index (χ0v) is 21.6. The third-order valence-electron chi connectivity index (χ3n) is 6.03. The summed E-state index contributed by atoms with van der Waals surface area (Å²) < 4.78 is 2.06. The number of nitrogens with zero attached hydrogens (tertiary/aromatic N) is 5. The molecule has 3 aromatic heterocycles. The van der Waals surface area contributed by atoms with Gasteiger partial charge in [0.1, 0.15) is 5.01 Å². The average Bonchev–Trinajstić information content (AvgIpc) is 3.54. The number of rotatable bonds is 6. The van der Waals surface area contributed by atoms with Crippen molar-refractivity contribution in [1.82, 2.24) is 24.7 Å². The van der Waals surface area contributed by atoms with Crippen molar-refractivity contribution < 1.29 is 0 Å². The third-order valence-corrected chi connectivity index (χ3v) is 8.02. The number of aryl methyl sites for hydroxylation is 1. The molecule has 3 aromatic carbocycles. The van der Waals surface area contributed by atoms with E-state index in [-0.39, 0.29) is 0 Å². The van der Waals surface area contributed by atoms with Crippen molar-refractivity contribution in [2.45, 2.75) is 17.8 Å². The summed E-state index contributed by atoms with van der Waals surface area (Å²) in [4.78, 5) is 9.76. The Balaban J connectivity index is 1.30. The number of hydrogen-bond donors (Lipinski definition) is 0. The van der Waals surface area contributed by atoms with Crippen LogP contribution in [0.15, 0.2) is 95.5 Å². The van der Waals surface area contributed by atoms with Gasteiger partial charge in [-0.1, -0.05) is 84.1 Å². The van der Waals surface area contributed by atoms with Crippen LogP contribution in [0.4, 0.5) is 0 Å².